The van der Waals surface area contributed by atoms with Gasteiger partial charge in [0.05, 0.1) is 28.0 Å². The number of fused-ring (bicyclic) bond motifs is 1. The van der Waals surface area contributed by atoms with Gasteiger partial charge in [-0.3, -0.25) is 4.79 Å². The molecule has 0 radical (unpaired) electrons. The molecule has 31 heavy (non-hydrogen) atoms. The van der Waals surface area contributed by atoms with E-state index in [0.717, 1.165) is 23.6 Å². The van der Waals surface area contributed by atoms with Crippen molar-refractivity contribution in [1.29, 1.82) is 0 Å². The number of imidazole rings is 1. The summed E-state index contributed by atoms with van der Waals surface area (Å²) in [5.74, 6) is 0.411. The smallest absolute Gasteiger partial charge is 0.335 e. The average Bonchev–Trinajstić information content (AvgIpc) is 3.40. The lowest BCUT2D eigenvalue weighted by Gasteiger charge is -2.28. The van der Waals surface area contributed by atoms with Gasteiger partial charge in [-0.2, -0.15) is 0 Å². The van der Waals surface area contributed by atoms with Crippen molar-refractivity contribution in [3.05, 3.63) is 48.0 Å². The Morgan fingerprint density at radius 1 is 1.13 bits per heavy atom. The lowest BCUT2D eigenvalue weighted by atomic mass is 10.1. The molecule has 7 nitrogen and oxygen atoms in total. The van der Waals surface area contributed by atoms with Crippen LogP contribution in [0, 0.1) is 5.92 Å². The molecule has 2 aliphatic rings. The topological polar surface area (TPSA) is 80.4 Å². The van der Waals surface area contributed by atoms with Gasteiger partial charge >= 0.3 is 5.97 Å². The molecule has 1 saturated carbocycles. The molecule has 0 unspecified atom stereocenters. The highest BCUT2D eigenvalue weighted by atomic mass is 16.4. The van der Waals surface area contributed by atoms with Crippen LogP contribution in [0.4, 0.5) is 5.69 Å². The van der Waals surface area contributed by atoms with Crippen LogP contribution >= 0.6 is 0 Å². The molecule has 1 aliphatic heterocycles. The number of benzene rings is 2. The zero-order chi connectivity index (χ0) is 21.3. The number of hydrogen-bond acceptors (Lipinski definition) is 3. The van der Waals surface area contributed by atoms with Gasteiger partial charge in [0.1, 0.15) is 0 Å². The van der Waals surface area contributed by atoms with Crippen LogP contribution in [-0.2, 0) is 17.9 Å². The summed E-state index contributed by atoms with van der Waals surface area (Å²) in [6, 6.07) is 13.7. The Bertz CT molecular complexity index is 1390. The van der Waals surface area contributed by atoms with Gasteiger partial charge in [-0.05, 0) is 43.0 Å². The van der Waals surface area contributed by atoms with Gasteiger partial charge in [0.25, 0.3) is 0 Å². The van der Waals surface area contributed by atoms with Crippen LogP contribution in [0.15, 0.2) is 42.5 Å². The number of carboxylic acids is 1. The molecule has 0 bridgehead atoms. The van der Waals surface area contributed by atoms with Crippen LogP contribution in [0.2, 0.25) is 0 Å². The number of amides is 1. The first-order valence-electron chi connectivity index (χ1n) is 10.7. The Morgan fingerprint density at radius 2 is 1.94 bits per heavy atom. The van der Waals surface area contributed by atoms with Gasteiger partial charge < -0.3 is 19.1 Å². The van der Waals surface area contributed by atoms with Crippen molar-refractivity contribution < 1.29 is 14.7 Å². The van der Waals surface area contributed by atoms with E-state index >= 15 is 0 Å². The fourth-order valence-electron chi connectivity index (χ4n) is 4.79. The van der Waals surface area contributed by atoms with Gasteiger partial charge in [-0.1, -0.05) is 18.2 Å². The monoisotopic (exact) mass is 414 g/mol. The molecule has 156 valence electrons. The summed E-state index contributed by atoms with van der Waals surface area (Å²) in [5, 5.41) is 10.8. The van der Waals surface area contributed by atoms with Crippen LogP contribution in [-0.4, -0.2) is 37.6 Å². The predicted molar refractivity (Wildman–Crippen MR) is 118 cm³/mol. The Labute approximate surface area is 178 Å². The van der Waals surface area contributed by atoms with Gasteiger partial charge in [0.15, 0.2) is 5.82 Å². The fourth-order valence-corrected chi connectivity index (χ4v) is 4.79. The number of carbonyl (C=O) groups is 2. The Morgan fingerprint density at radius 3 is 2.68 bits per heavy atom. The van der Waals surface area contributed by atoms with E-state index in [4.69, 9.17) is 4.98 Å². The predicted octanol–water partition coefficient (Wildman–Crippen LogP) is 4.13. The molecular formula is C24H22N4O3. The largest absolute Gasteiger partial charge is 0.478 e. The molecule has 3 heterocycles. The molecule has 0 saturated heterocycles. The van der Waals surface area contributed by atoms with Crippen LogP contribution in [0.25, 0.3) is 33.5 Å². The SMILES string of the molecule is CC(=O)N1CCn2c(-c3cc4ccccc4n3CC3CC3)nc3cc(C(=O)O)cc1c32. The standard InChI is InChI=1S/C24H22N4O3/c1-14(29)26-8-9-27-22-18(10-17(24(30)31)12-20(22)26)25-23(27)21-11-16-4-2-3-5-19(16)28(21)13-15-6-7-15/h2-5,10-12,15H,6-9,13H2,1H3,(H,30,31). The number of carbonyl (C=O) groups excluding carboxylic acids is 1. The first-order chi connectivity index (χ1) is 15.0. The van der Waals surface area contributed by atoms with Crippen molar-refractivity contribution in [3.8, 4) is 11.5 Å². The maximum atomic E-state index is 12.3. The highest BCUT2D eigenvalue weighted by Crippen LogP contribution is 2.39. The van der Waals surface area contributed by atoms with E-state index in [2.05, 4.69) is 33.4 Å². The molecule has 0 spiro atoms. The van der Waals surface area contributed by atoms with Gasteiger partial charge in [0.2, 0.25) is 5.91 Å². The second kappa shape index (κ2) is 6.44. The fraction of sp³-hybridized carbons (Fsp3) is 0.292. The quantitative estimate of drug-likeness (QED) is 0.544. The Balaban J connectivity index is 1.64. The number of aromatic nitrogens is 3. The molecule has 1 fully saturated rings. The number of para-hydroxylation sites is 1. The van der Waals surface area contributed by atoms with E-state index in [9.17, 15) is 14.7 Å². The van der Waals surface area contributed by atoms with Gasteiger partial charge in [-0.15, -0.1) is 0 Å². The van der Waals surface area contributed by atoms with E-state index in [1.165, 1.54) is 30.7 Å². The maximum Gasteiger partial charge on any atom is 0.335 e. The van der Waals surface area contributed by atoms with Crippen LogP contribution in [0.3, 0.4) is 0 Å². The summed E-state index contributed by atoms with van der Waals surface area (Å²) in [5.41, 5.74) is 4.44. The van der Waals surface area contributed by atoms with Gasteiger partial charge in [-0.25, -0.2) is 9.78 Å². The molecule has 2 aromatic heterocycles. The molecule has 1 aliphatic carbocycles. The summed E-state index contributed by atoms with van der Waals surface area (Å²) in [4.78, 5) is 30.5. The highest BCUT2D eigenvalue weighted by Gasteiger charge is 2.30. The molecule has 7 heteroatoms. The second-order valence-corrected chi connectivity index (χ2v) is 8.57. The number of carboxylic acid groups (broad SMARTS) is 1. The van der Waals surface area contributed by atoms with Crippen molar-refractivity contribution in [2.24, 2.45) is 5.92 Å². The lowest BCUT2D eigenvalue weighted by Crippen LogP contribution is -2.35. The van der Waals surface area contributed by atoms with E-state index in [1.807, 2.05) is 6.07 Å². The summed E-state index contributed by atoms with van der Waals surface area (Å²) < 4.78 is 4.50. The minimum atomic E-state index is -1.02. The number of rotatable bonds is 4. The minimum Gasteiger partial charge on any atom is -0.478 e. The number of anilines is 1. The third-order valence-electron chi connectivity index (χ3n) is 6.46. The van der Waals surface area contributed by atoms with Crippen LogP contribution in [0.1, 0.15) is 30.1 Å². The number of nitrogens with zero attached hydrogens (tertiary/aromatic N) is 4. The van der Waals surface area contributed by atoms with Crippen LogP contribution in [0.5, 0.6) is 0 Å². The number of hydrogen-bond donors (Lipinski definition) is 1. The van der Waals surface area contributed by atoms with Crippen molar-refractivity contribution in [2.75, 3.05) is 11.4 Å². The first-order valence-corrected chi connectivity index (χ1v) is 10.7. The molecule has 0 atom stereocenters. The van der Waals surface area contributed by atoms with Crippen molar-refractivity contribution in [3.63, 3.8) is 0 Å². The average molecular weight is 414 g/mol. The summed E-state index contributed by atoms with van der Waals surface area (Å²) in [6.07, 6.45) is 2.50. The lowest BCUT2D eigenvalue weighted by molar-refractivity contribution is -0.116. The molecule has 1 amide bonds. The third kappa shape index (κ3) is 2.76. The Hall–Kier alpha value is -3.61. The first kappa shape index (κ1) is 18.2. The maximum absolute atomic E-state index is 12.3. The van der Waals surface area contributed by atoms with Gasteiger partial charge in [0, 0.05) is 37.5 Å². The zero-order valence-corrected chi connectivity index (χ0v) is 17.2. The molecule has 2 aromatic carbocycles. The van der Waals surface area contributed by atoms with E-state index in [0.29, 0.717) is 30.2 Å². The van der Waals surface area contributed by atoms with E-state index in [-0.39, 0.29) is 11.5 Å². The molecule has 4 aromatic rings. The van der Waals surface area contributed by atoms with Crippen LogP contribution < -0.4 is 4.90 Å². The third-order valence-corrected chi connectivity index (χ3v) is 6.46. The summed E-state index contributed by atoms with van der Waals surface area (Å²) in [6.45, 7) is 3.58. The van der Waals surface area contributed by atoms with E-state index in [1.54, 1.807) is 17.0 Å². The summed E-state index contributed by atoms with van der Waals surface area (Å²) >= 11 is 0. The summed E-state index contributed by atoms with van der Waals surface area (Å²) in [7, 11) is 0. The molecule has 6 rings (SSSR count). The molecular weight excluding hydrogens is 392 g/mol. The Kier molecular flexibility index (Phi) is 3.78. The van der Waals surface area contributed by atoms with Crippen molar-refractivity contribution in [1.82, 2.24) is 14.1 Å². The second-order valence-electron chi connectivity index (χ2n) is 8.57. The van der Waals surface area contributed by atoms with E-state index < -0.39 is 5.97 Å². The minimum absolute atomic E-state index is 0.0966. The zero-order valence-electron chi connectivity index (χ0n) is 17.2. The van der Waals surface area contributed by atoms with Crippen molar-refractivity contribution in [2.45, 2.75) is 32.9 Å². The molecule has 1 N–H and O–H groups in total. The number of aromatic carboxylic acids is 1. The highest BCUT2D eigenvalue weighted by molar-refractivity contribution is 6.06. The normalized spacial score (nSPS) is 15.7. The van der Waals surface area contributed by atoms with Crippen molar-refractivity contribution >= 4 is 39.5 Å².